The maximum absolute atomic E-state index is 12.1. The Morgan fingerprint density at radius 3 is 2.61 bits per heavy atom. The van der Waals surface area contributed by atoms with Crippen molar-refractivity contribution in [3.8, 4) is 5.75 Å². The minimum atomic E-state index is -3.73. The molecule has 0 spiro atoms. The van der Waals surface area contributed by atoms with Crippen molar-refractivity contribution in [1.29, 1.82) is 0 Å². The largest absolute Gasteiger partial charge is 0.491 e. The molecule has 1 aromatic carbocycles. The van der Waals surface area contributed by atoms with E-state index in [0.29, 0.717) is 5.75 Å². The van der Waals surface area contributed by atoms with E-state index in [1.54, 1.807) is 0 Å². The second-order valence-electron chi connectivity index (χ2n) is 4.09. The summed E-state index contributed by atoms with van der Waals surface area (Å²) in [6, 6.07) is 4.39. The molecule has 0 bridgehead atoms. The average Bonchev–Trinajstić information content (AvgIpc) is 2.34. The zero-order valence-corrected chi connectivity index (χ0v) is 11.3. The summed E-state index contributed by atoms with van der Waals surface area (Å²) in [5.41, 5.74) is 0.734. The first kappa shape index (κ1) is 14.9. The molecule has 18 heavy (non-hydrogen) atoms. The number of ether oxygens (including phenoxy) is 1. The minimum absolute atomic E-state index is 0.0435. The molecule has 1 aromatic rings. The molecule has 2 N–H and O–H groups in total. The lowest BCUT2D eigenvalue weighted by Gasteiger charge is -2.16. The highest BCUT2D eigenvalue weighted by Crippen LogP contribution is 2.30. The second kappa shape index (κ2) is 6.15. The van der Waals surface area contributed by atoms with Gasteiger partial charge in [0.2, 0.25) is 10.0 Å². The summed E-state index contributed by atoms with van der Waals surface area (Å²) >= 11 is 0. The third-order valence-corrected chi connectivity index (χ3v) is 3.70. The van der Waals surface area contributed by atoms with Crippen LogP contribution in [0.25, 0.3) is 0 Å². The van der Waals surface area contributed by atoms with Crippen LogP contribution in [0.15, 0.2) is 23.1 Å². The highest BCUT2D eigenvalue weighted by Gasteiger charge is 2.15. The molecule has 0 saturated carbocycles. The standard InChI is InChI=1S/C12H18FNO3S/c1-3-9(2)11-8-10(18(14,15)16)4-5-12(11)17-7-6-13/h4-5,8-9H,3,6-7H2,1-2H3,(H2,14,15,16). The topological polar surface area (TPSA) is 69.4 Å². The van der Waals surface area contributed by atoms with Crippen LogP contribution in [0, 0.1) is 0 Å². The summed E-state index contributed by atoms with van der Waals surface area (Å²) in [6.45, 7) is 3.30. The van der Waals surface area contributed by atoms with Crippen molar-refractivity contribution >= 4 is 10.0 Å². The molecule has 1 unspecified atom stereocenters. The van der Waals surface area contributed by atoms with Gasteiger partial charge in [-0.05, 0) is 36.1 Å². The van der Waals surface area contributed by atoms with E-state index in [0.717, 1.165) is 12.0 Å². The lowest BCUT2D eigenvalue weighted by atomic mass is 9.98. The maximum atomic E-state index is 12.1. The van der Waals surface area contributed by atoms with Crippen LogP contribution in [-0.2, 0) is 10.0 Å². The quantitative estimate of drug-likeness (QED) is 0.865. The molecular weight excluding hydrogens is 257 g/mol. The van der Waals surface area contributed by atoms with E-state index >= 15 is 0 Å². The number of hydrogen-bond donors (Lipinski definition) is 1. The van der Waals surface area contributed by atoms with Crippen LogP contribution < -0.4 is 9.88 Å². The molecule has 0 amide bonds. The van der Waals surface area contributed by atoms with Gasteiger partial charge in [-0.25, -0.2) is 17.9 Å². The van der Waals surface area contributed by atoms with Crippen LogP contribution in [0.5, 0.6) is 5.75 Å². The van der Waals surface area contributed by atoms with E-state index in [1.165, 1.54) is 18.2 Å². The summed E-state index contributed by atoms with van der Waals surface area (Å²) in [6.07, 6.45) is 0.820. The predicted molar refractivity (Wildman–Crippen MR) is 68.0 cm³/mol. The fourth-order valence-electron chi connectivity index (χ4n) is 1.59. The van der Waals surface area contributed by atoms with Gasteiger partial charge in [0.15, 0.2) is 0 Å². The summed E-state index contributed by atoms with van der Waals surface area (Å²) in [4.78, 5) is 0.0467. The van der Waals surface area contributed by atoms with Crippen LogP contribution in [0.2, 0.25) is 0 Å². The van der Waals surface area contributed by atoms with E-state index in [4.69, 9.17) is 9.88 Å². The number of benzene rings is 1. The van der Waals surface area contributed by atoms with E-state index < -0.39 is 16.7 Å². The molecule has 4 nitrogen and oxygen atoms in total. The van der Waals surface area contributed by atoms with Crippen LogP contribution in [0.1, 0.15) is 31.7 Å². The van der Waals surface area contributed by atoms with Gasteiger partial charge in [0.1, 0.15) is 19.0 Å². The molecule has 0 aromatic heterocycles. The molecule has 102 valence electrons. The summed E-state index contributed by atoms with van der Waals surface area (Å²) < 4.78 is 40.0. The van der Waals surface area contributed by atoms with Crippen LogP contribution in [-0.4, -0.2) is 21.7 Å². The SMILES string of the molecule is CCC(C)c1cc(S(N)(=O)=O)ccc1OCCF. The Morgan fingerprint density at radius 1 is 1.44 bits per heavy atom. The number of sulfonamides is 1. The summed E-state index contributed by atoms with van der Waals surface area (Å²) in [5, 5.41) is 5.09. The highest BCUT2D eigenvalue weighted by atomic mass is 32.2. The Bertz CT molecular complexity index is 502. The van der Waals surface area contributed by atoms with Gasteiger partial charge < -0.3 is 4.74 Å². The first-order chi connectivity index (χ1) is 8.40. The third-order valence-electron chi connectivity index (χ3n) is 2.79. The fraction of sp³-hybridized carbons (Fsp3) is 0.500. The highest BCUT2D eigenvalue weighted by molar-refractivity contribution is 7.89. The fourth-order valence-corrected chi connectivity index (χ4v) is 2.14. The van der Waals surface area contributed by atoms with E-state index in [9.17, 15) is 12.8 Å². The molecule has 1 rings (SSSR count). The molecule has 0 fully saturated rings. The number of alkyl halides is 1. The smallest absolute Gasteiger partial charge is 0.238 e. The van der Waals surface area contributed by atoms with Crippen molar-refractivity contribution in [2.24, 2.45) is 5.14 Å². The number of primary sulfonamides is 1. The normalized spacial score (nSPS) is 13.3. The zero-order valence-electron chi connectivity index (χ0n) is 10.5. The van der Waals surface area contributed by atoms with Crippen LogP contribution in [0.3, 0.4) is 0 Å². The van der Waals surface area contributed by atoms with Crippen LogP contribution in [0.4, 0.5) is 4.39 Å². The number of rotatable bonds is 6. The van der Waals surface area contributed by atoms with Gasteiger partial charge in [-0.1, -0.05) is 13.8 Å². The molecule has 0 heterocycles. The minimum Gasteiger partial charge on any atom is -0.491 e. The van der Waals surface area contributed by atoms with Crippen LogP contribution >= 0.6 is 0 Å². The van der Waals surface area contributed by atoms with Gasteiger partial charge in [0.25, 0.3) is 0 Å². The van der Waals surface area contributed by atoms with Crippen molar-refractivity contribution < 1.29 is 17.5 Å². The van der Waals surface area contributed by atoms with Crippen molar-refractivity contribution in [3.05, 3.63) is 23.8 Å². The van der Waals surface area contributed by atoms with Crippen molar-refractivity contribution in [3.63, 3.8) is 0 Å². The molecule has 6 heteroatoms. The van der Waals surface area contributed by atoms with Crippen molar-refractivity contribution in [2.75, 3.05) is 13.3 Å². The lowest BCUT2D eigenvalue weighted by Crippen LogP contribution is -2.13. The third kappa shape index (κ3) is 3.68. The molecular formula is C12H18FNO3S. The summed E-state index contributed by atoms with van der Waals surface area (Å²) in [7, 11) is -3.73. The van der Waals surface area contributed by atoms with E-state index in [1.807, 2.05) is 13.8 Å². The van der Waals surface area contributed by atoms with Gasteiger partial charge in [0.05, 0.1) is 4.90 Å². The predicted octanol–water partition coefficient (Wildman–Crippen LogP) is 2.20. The molecule has 0 aliphatic carbocycles. The Hall–Kier alpha value is -1.14. The van der Waals surface area contributed by atoms with Gasteiger partial charge in [-0.15, -0.1) is 0 Å². The van der Waals surface area contributed by atoms with E-state index in [-0.39, 0.29) is 17.4 Å². The first-order valence-corrected chi connectivity index (χ1v) is 7.30. The Balaban J connectivity index is 3.20. The molecule has 0 radical (unpaired) electrons. The van der Waals surface area contributed by atoms with Gasteiger partial charge in [-0.3, -0.25) is 0 Å². The number of nitrogens with two attached hydrogens (primary N) is 1. The van der Waals surface area contributed by atoms with Gasteiger partial charge in [-0.2, -0.15) is 0 Å². The number of hydrogen-bond acceptors (Lipinski definition) is 3. The lowest BCUT2D eigenvalue weighted by molar-refractivity contribution is 0.269. The average molecular weight is 275 g/mol. The molecule has 1 atom stereocenters. The Morgan fingerprint density at radius 2 is 2.11 bits per heavy atom. The zero-order chi connectivity index (χ0) is 13.8. The summed E-state index contributed by atoms with van der Waals surface area (Å²) in [5.74, 6) is 0.621. The van der Waals surface area contributed by atoms with Gasteiger partial charge in [0, 0.05) is 0 Å². The monoisotopic (exact) mass is 275 g/mol. The Kier molecular flexibility index (Phi) is 5.10. The van der Waals surface area contributed by atoms with Crippen molar-refractivity contribution in [2.45, 2.75) is 31.1 Å². The first-order valence-electron chi connectivity index (χ1n) is 5.75. The maximum Gasteiger partial charge on any atom is 0.238 e. The molecule has 0 saturated heterocycles. The van der Waals surface area contributed by atoms with Gasteiger partial charge >= 0.3 is 0 Å². The molecule has 0 aliphatic rings. The Labute approximate surface area is 107 Å². The van der Waals surface area contributed by atoms with Crippen molar-refractivity contribution in [1.82, 2.24) is 0 Å². The number of halogens is 1. The second-order valence-corrected chi connectivity index (χ2v) is 5.65. The molecule has 0 aliphatic heterocycles. The van der Waals surface area contributed by atoms with E-state index in [2.05, 4.69) is 0 Å².